The van der Waals surface area contributed by atoms with Crippen LogP contribution in [0.3, 0.4) is 0 Å². The Labute approximate surface area is 85.1 Å². The number of rotatable bonds is 0. The summed E-state index contributed by atoms with van der Waals surface area (Å²) in [7, 11) is 0. The van der Waals surface area contributed by atoms with Crippen LogP contribution in [0.25, 0.3) is 0 Å². The zero-order valence-electron chi connectivity index (χ0n) is 7.13. The fourth-order valence-corrected chi connectivity index (χ4v) is 0.861. The maximum Gasteiger partial charge on any atom is 0.0550 e. The van der Waals surface area contributed by atoms with Crippen LogP contribution in [-0.2, 0) is 0 Å². The maximum absolute atomic E-state index is 5.56. The van der Waals surface area contributed by atoms with Crippen LogP contribution in [0.5, 0.6) is 0 Å². The summed E-state index contributed by atoms with van der Waals surface area (Å²) in [5.74, 6) is 0. The summed E-state index contributed by atoms with van der Waals surface area (Å²) in [6, 6.07) is 3.79. The molecule has 4 N–H and O–H groups in total. The summed E-state index contributed by atoms with van der Waals surface area (Å²) in [5.41, 5.74) is 14.8. The molecule has 0 aliphatic heterocycles. The predicted octanol–water partition coefficient (Wildman–Crippen LogP) is 2.31. The number of anilines is 2. The second-order valence-electron chi connectivity index (χ2n) is 2.57. The highest BCUT2D eigenvalue weighted by Crippen LogP contribution is 2.18. The molecule has 0 bridgehead atoms. The summed E-state index contributed by atoms with van der Waals surface area (Å²) in [6.07, 6.45) is 0. The van der Waals surface area contributed by atoms with Crippen molar-refractivity contribution in [3.05, 3.63) is 23.3 Å². The van der Waals surface area contributed by atoms with E-state index in [0.29, 0.717) is 11.4 Å². The van der Waals surface area contributed by atoms with Crippen molar-refractivity contribution in [1.82, 2.24) is 0 Å². The molecule has 0 spiro atoms. The van der Waals surface area contributed by atoms with Gasteiger partial charge in [-0.2, -0.15) is 0 Å². The first kappa shape index (κ1) is 14.0. The average Bonchev–Trinajstić information content (AvgIpc) is 1.84. The van der Waals surface area contributed by atoms with Gasteiger partial charge in [-0.25, -0.2) is 0 Å². The van der Waals surface area contributed by atoms with Gasteiger partial charge in [0.1, 0.15) is 0 Å². The Kier molecular flexibility index (Phi) is 5.95. The molecule has 0 atom stereocenters. The smallest absolute Gasteiger partial charge is 0.0550 e. The van der Waals surface area contributed by atoms with Crippen molar-refractivity contribution < 1.29 is 0 Å². The molecule has 0 fully saturated rings. The van der Waals surface area contributed by atoms with Gasteiger partial charge in [0.15, 0.2) is 0 Å². The van der Waals surface area contributed by atoms with Gasteiger partial charge in [-0.15, -0.1) is 24.8 Å². The summed E-state index contributed by atoms with van der Waals surface area (Å²) in [6.45, 7) is 4.04. The highest BCUT2D eigenvalue weighted by Gasteiger charge is 1.96. The first-order chi connectivity index (χ1) is 4.61. The molecule has 0 aliphatic rings. The van der Waals surface area contributed by atoms with Gasteiger partial charge >= 0.3 is 0 Å². The van der Waals surface area contributed by atoms with Crippen LogP contribution >= 0.6 is 24.8 Å². The van der Waals surface area contributed by atoms with Crippen LogP contribution in [0.4, 0.5) is 11.4 Å². The zero-order chi connectivity index (χ0) is 7.72. The van der Waals surface area contributed by atoms with E-state index in [9.17, 15) is 0 Å². The minimum atomic E-state index is 0. The molecule has 1 aromatic carbocycles. The number of hydrogen-bond acceptors (Lipinski definition) is 2. The average molecular weight is 209 g/mol. The van der Waals surface area contributed by atoms with Gasteiger partial charge in [-0.1, -0.05) is 0 Å². The highest BCUT2D eigenvalue weighted by molar-refractivity contribution is 5.85. The quantitative estimate of drug-likeness (QED) is 0.644. The maximum atomic E-state index is 5.56. The lowest BCUT2D eigenvalue weighted by molar-refractivity contribution is 1.35. The number of aryl methyl sites for hydroxylation is 2. The van der Waals surface area contributed by atoms with Crippen LogP contribution in [0.1, 0.15) is 11.1 Å². The second-order valence-corrected chi connectivity index (χ2v) is 2.57. The van der Waals surface area contributed by atoms with Crippen LogP contribution in [-0.4, -0.2) is 0 Å². The summed E-state index contributed by atoms with van der Waals surface area (Å²) >= 11 is 0. The van der Waals surface area contributed by atoms with Gasteiger partial charge in [0, 0.05) is 0 Å². The van der Waals surface area contributed by atoms with Crippen molar-refractivity contribution in [3.8, 4) is 0 Å². The number of hydrogen-bond donors (Lipinski definition) is 2. The van der Waals surface area contributed by atoms with Gasteiger partial charge in [0.25, 0.3) is 0 Å². The standard InChI is InChI=1S/C8H12N2.2ClH/c1-5-3-7(9)8(10)4-6(5)2;;/h3-4H,9-10H2,1-2H3;2*1H. The van der Waals surface area contributed by atoms with Crippen LogP contribution in [0.15, 0.2) is 12.1 Å². The fraction of sp³-hybridized carbons (Fsp3) is 0.250. The lowest BCUT2D eigenvalue weighted by Gasteiger charge is -2.03. The SMILES string of the molecule is Cc1cc(N)c(N)cc1C.Cl.Cl. The van der Waals surface area contributed by atoms with Crippen molar-refractivity contribution in [2.24, 2.45) is 0 Å². The van der Waals surface area contributed by atoms with Crippen molar-refractivity contribution in [3.63, 3.8) is 0 Å². The molecule has 0 heterocycles. The second kappa shape index (κ2) is 5.12. The van der Waals surface area contributed by atoms with E-state index in [1.165, 1.54) is 11.1 Å². The van der Waals surface area contributed by atoms with E-state index in [0.717, 1.165) is 0 Å². The van der Waals surface area contributed by atoms with E-state index in [1.54, 1.807) is 0 Å². The monoisotopic (exact) mass is 208 g/mol. The molecule has 2 nitrogen and oxygen atoms in total. The molecule has 1 aromatic rings. The van der Waals surface area contributed by atoms with E-state index in [-0.39, 0.29) is 24.8 Å². The van der Waals surface area contributed by atoms with Gasteiger partial charge < -0.3 is 11.5 Å². The zero-order valence-corrected chi connectivity index (χ0v) is 8.76. The highest BCUT2D eigenvalue weighted by atomic mass is 35.5. The Morgan fingerprint density at radius 1 is 0.833 bits per heavy atom. The molecule has 70 valence electrons. The summed E-state index contributed by atoms with van der Waals surface area (Å²) in [4.78, 5) is 0. The van der Waals surface area contributed by atoms with Gasteiger partial charge in [0.05, 0.1) is 11.4 Å². The molecule has 0 aliphatic carbocycles. The molecule has 1 rings (SSSR count). The predicted molar refractivity (Wildman–Crippen MR) is 59.2 cm³/mol. The van der Waals surface area contributed by atoms with Crippen molar-refractivity contribution in [2.45, 2.75) is 13.8 Å². The van der Waals surface area contributed by atoms with E-state index >= 15 is 0 Å². The fourth-order valence-electron chi connectivity index (χ4n) is 0.861. The first-order valence-electron chi connectivity index (χ1n) is 3.23. The molecule has 0 amide bonds. The molecule has 12 heavy (non-hydrogen) atoms. The third-order valence-electron chi connectivity index (χ3n) is 1.70. The van der Waals surface area contributed by atoms with E-state index in [4.69, 9.17) is 11.5 Å². The van der Waals surface area contributed by atoms with Crippen molar-refractivity contribution >= 4 is 36.2 Å². The molecule has 0 aromatic heterocycles. The Morgan fingerprint density at radius 2 is 1.08 bits per heavy atom. The Hall–Kier alpha value is -0.600. The number of nitrogens with two attached hydrogens (primary N) is 2. The number of benzene rings is 1. The van der Waals surface area contributed by atoms with Crippen LogP contribution in [0, 0.1) is 13.8 Å². The molecular weight excluding hydrogens is 195 g/mol. The Bertz CT molecular complexity index is 211. The minimum absolute atomic E-state index is 0. The van der Waals surface area contributed by atoms with E-state index in [1.807, 2.05) is 26.0 Å². The minimum Gasteiger partial charge on any atom is -0.397 e. The molecule has 0 saturated heterocycles. The van der Waals surface area contributed by atoms with E-state index in [2.05, 4.69) is 0 Å². The van der Waals surface area contributed by atoms with Crippen LogP contribution in [0.2, 0.25) is 0 Å². The van der Waals surface area contributed by atoms with Crippen LogP contribution < -0.4 is 11.5 Å². The normalized spacial score (nSPS) is 8.17. The van der Waals surface area contributed by atoms with Crippen molar-refractivity contribution in [1.29, 1.82) is 0 Å². The number of nitrogen functional groups attached to an aromatic ring is 2. The number of halogens is 2. The van der Waals surface area contributed by atoms with Gasteiger partial charge in [0.2, 0.25) is 0 Å². The third kappa shape index (κ3) is 2.80. The summed E-state index contributed by atoms with van der Waals surface area (Å²) < 4.78 is 0. The Balaban J connectivity index is 0. The topological polar surface area (TPSA) is 52.0 Å². The molecule has 0 saturated carbocycles. The Morgan fingerprint density at radius 3 is 1.33 bits per heavy atom. The lowest BCUT2D eigenvalue weighted by atomic mass is 10.1. The third-order valence-corrected chi connectivity index (χ3v) is 1.70. The van der Waals surface area contributed by atoms with Crippen molar-refractivity contribution in [2.75, 3.05) is 11.5 Å². The molecule has 0 unspecified atom stereocenters. The largest absolute Gasteiger partial charge is 0.397 e. The molecule has 0 radical (unpaired) electrons. The lowest BCUT2D eigenvalue weighted by Crippen LogP contribution is -1.96. The first-order valence-corrected chi connectivity index (χ1v) is 3.23. The summed E-state index contributed by atoms with van der Waals surface area (Å²) in [5, 5.41) is 0. The van der Waals surface area contributed by atoms with Gasteiger partial charge in [-0.05, 0) is 37.1 Å². The molecular formula is C8H14Cl2N2. The molecule has 4 heteroatoms. The van der Waals surface area contributed by atoms with Gasteiger partial charge in [-0.3, -0.25) is 0 Å². The van der Waals surface area contributed by atoms with E-state index < -0.39 is 0 Å².